The van der Waals surface area contributed by atoms with E-state index in [4.69, 9.17) is 9.47 Å². The van der Waals surface area contributed by atoms with Gasteiger partial charge >= 0.3 is 0 Å². The first kappa shape index (κ1) is 20.3. The molecule has 5 heteroatoms. The van der Waals surface area contributed by atoms with E-state index >= 15 is 0 Å². The average molecular weight is 441 g/mol. The Balaban J connectivity index is 1.27. The van der Waals surface area contributed by atoms with Gasteiger partial charge in [-0.05, 0) is 42.0 Å². The van der Waals surface area contributed by atoms with Crippen LogP contribution < -0.4 is 19.8 Å². The van der Waals surface area contributed by atoms with Gasteiger partial charge in [0.05, 0.1) is 44.8 Å². The molecule has 3 aliphatic rings. The molecule has 0 amide bonds. The minimum absolute atomic E-state index is 0.155. The first-order valence-electron chi connectivity index (χ1n) is 11.8. The maximum Gasteiger partial charge on any atom is 0.191 e. The highest BCUT2D eigenvalue weighted by Gasteiger charge is 2.52. The Morgan fingerprint density at radius 3 is 2.45 bits per heavy atom. The van der Waals surface area contributed by atoms with Crippen LogP contribution in [0, 0.1) is 0 Å². The van der Waals surface area contributed by atoms with E-state index < -0.39 is 0 Å². The van der Waals surface area contributed by atoms with Crippen molar-refractivity contribution < 1.29 is 14.4 Å². The molecule has 1 unspecified atom stereocenters. The number of hydrogen-bond acceptors (Lipinski definition) is 4. The second-order valence-electron chi connectivity index (χ2n) is 9.23. The molecule has 1 spiro atoms. The van der Waals surface area contributed by atoms with Crippen molar-refractivity contribution in [1.82, 2.24) is 10.4 Å². The molecule has 3 aromatic carbocycles. The van der Waals surface area contributed by atoms with Gasteiger partial charge in [-0.2, -0.15) is 5.01 Å². The fourth-order valence-corrected chi connectivity index (χ4v) is 5.45. The zero-order valence-corrected chi connectivity index (χ0v) is 19.0. The molecule has 168 valence electrons. The third kappa shape index (κ3) is 3.67. The standard InChI is InChI=1S/C28H29N3O2/c1-32-23-13-11-22(12-14-23)25-19-26-24-9-5-6-10-27(24)33-28(31(26)29-25)15-17-30(18-16-28)20-21-7-3-2-4-8-21/h2-14,19,26,29H,15-18,20H2,1H3/p+1. The van der Waals surface area contributed by atoms with Gasteiger partial charge in [0.2, 0.25) is 0 Å². The summed E-state index contributed by atoms with van der Waals surface area (Å²) in [4.78, 5) is 1.62. The molecule has 0 radical (unpaired) electrons. The van der Waals surface area contributed by atoms with Crippen LogP contribution in [0.5, 0.6) is 11.5 Å². The molecule has 1 fully saturated rings. The molecule has 1 atom stereocenters. The largest absolute Gasteiger partial charge is 0.497 e. The Hall–Kier alpha value is -3.28. The van der Waals surface area contributed by atoms with Gasteiger partial charge in [0, 0.05) is 11.1 Å². The number of nitrogens with zero attached hydrogens (tertiary/aromatic N) is 1. The number of rotatable bonds is 4. The summed E-state index contributed by atoms with van der Waals surface area (Å²) in [6, 6.07) is 27.7. The molecule has 1 saturated heterocycles. The van der Waals surface area contributed by atoms with E-state index in [0.717, 1.165) is 55.2 Å². The summed E-state index contributed by atoms with van der Waals surface area (Å²) in [5.41, 5.74) is 8.29. The summed E-state index contributed by atoms with van der Waals surface area (Å²) in [6.07, 6.45) is 4.31. The highest BCUT2D eigenvalue weighted by atomic mass is 16.5. The average Bonchev–Trinajstić information content (AvgIpc) is 3.33. The number of quaternary nitrogens is 1. The Morgan fingerprint density at radius 1 is 0.970 bits per heavy atom. The van der Waals surface area contributed by atoms with Crippen molar-refractivity contribution >= 4 is 5.70 Å². The third-order valence-electron chi connectivity index (χ3n) is 7.26. The quantitative estimate of drug-likeness (QED) is 0.651. The smallest absolute Gasteiger partial charge is 0.191 e. The molecule has 0 aromatic heterocycles. The highest BCUT2D eigenvalue weighted by Crippen LogP contribution is 2.47. The number of benzene rings is 3. The van der Waals surface area contributed by atoms with E-state index in [2.05, 4.69) is 83.2 Å². The maximum absolute atomic E-state index is 6.79. The predicted octanol–water partition coefficient (Wildman–Crippen LogP) is 3.57. The van der Waals surface area contributed by atoms with Crippen molar-refractivity contribution in [2.45, 2.75) is 31.2 Å². The lowest BCUT2D eigenvalue weighted by atomic mass is 9.92. The van der Waals surface area contributed by atoms with Gasteiger partial charge in [-0.15, -0.1) is 0 Å². The van der Waals surface area contributed by atoms with Gasteiger partial charge in [-0.3, -0.25) is 0 Å². The molecule has 0 aliphatic carbocycles. The summed E-state index contributed by atoms with van der Waals surface area (Å²) in [5, 5.41) is 2.37. The van der Waals surface area contributed by atoms with Gasteiger partial charge < -0.3 is 19.8 Å². The molecular weight excluding hydrogens is 410 g/mol. The second kappa shape index (κ2) is 8.25. The topological polar surface area (TPSA) is 38.2 Å². The number of para-hydroxylation sites is 1. The van der Waals surface area contributed by atoms with Crippen LogP contribution in [0.1, 0.15) is 35.6 Å². The van der Waals surface area contributed by atoms with Crippen LogP contribution >= 0.6 is 0 Å². The number of hydrogen-bond donors (Lipinski definition) is 2. The summed E-state index contributed by atoms with van der Waals surface area (Å²) < 4.78 is 12.1. The van der Waals surface area contributed by atoms with Crippen molar-refractivity contribution in [3.05, 3.63) is 102 Å². The highest BCUT2D eigenvalue weighted by molar-refractivity contribution is 5.68. The summed E-state index contributed by atoms with van der Waals surface area (Å²) in [6.45, 7) is 3.24. The number of piperidine rings is 1. The van der Waals surface area contributed by atoms with Gasteiger partial charge in [0.15, 0.2) is 5.72 Å². The van der Waals surface area contributed by atoms with E-state index in [1.807, 2.05) is 12.1 Å². The van der Waals surface area contributed by atoms with Gasteiger partial charge in [-0.25, -0.2) is 0 Å². The minimum Gasteiger partial charge on any atom is -0.497 e. The number of likely N-dealkylation sites (tertiary alicyclic amines) is 1. The molecule has 6 rings (SSSR count). The van der Waals surface area contributed by atoms with Crippen molar-refractivity contribution in [2.24, 2.45) is 0 Å². The number of hydrazine groups is 1. The zero-order chi connectivity index (χ0) is 22.3. The first-order valence-corrected chi connectivity index (χ1v) is 11.8. The Kier molecular flexibility index (Phi) is 5.08. The maximum atomic E-state index is 6.79. The predicted molar refractivity (Wildman–Crippen MR) is 129 cm³/mol. The lowest BCUT2D eigenvalue weighted by Gasteiger charge is -2.50. The molecule has 2 N–H and O–H groups in total. The first-order chi connectivity index (χ1) is 16.2. The van der Waals surface area contributed by atoms with Crippen molar-refractivity contribution in [3.8, 4) is 11.5 Å². The SMILES string of the molecule is COc1ccc(C2=CC3c4ccccc4OC4(CC[NH+](Cc5ccccc5)CC4)N3N2)cc1. The lowest BCUT2D eigenvalue weighted by molar-refractivity contribution is -0.921. The Morgan fingerprint density at radius 2 is 1.70 bits per heavy atom. The third-order valence-corrected chi connectivity index (χ3v) is 7.26. The fraction of sp³-hybridized carbons (Fsp3) is 0.286. The number of fused-ring (bicyclic) bond motifs is 4. The summed E-state index contributed by atoms with van der Waals surface area (Å²) in [5.74, 6) is 1.88. The van der Waals surface area contributed by atoms with E-state index in [9.17, 15) is 0 Å². The van der Waals surface area contributed by atoms with Crippen LogP contribution in [0.2, 0.25) is 0 Å². The van der Waals surface area contributed by atoms with Crippen molar-refractivity contribution in [1.29, 1.82) is 0 Å². The minimum atomic E-state index is -0.343. The van der Waals surface area contributed by atoms with Crippen molar-refractivity contribution in [3.63, 3.8) is 0 Å². The van der Waals surface area contributed by atoms with Crippen LogP contribution in [0.15, 0.2) is 84.9 Å². The van der Waals surface area contributed by atoms with E-state index in [0.29, 0.717) is 0 Å². The number of nitrogens with one attached hydrogen (secondary N) is 2. The molecule has 33 heavy (non-hydrogen) atoms. The summed E-state index contributed by atoms with van der Waals surface area (Å²) >= 11 is 0. The fourth-order valence-electron chi connectivity index (χ4n) is 5.45. The Bertz CT molecular complexity index is 1150. The molecule has 0 saturated carbocycles. The Labute approximate surface area is 195 Å². The molecular formula is C28H30N3O2+. The van der Waals surface area contributed by atoms with E-state index in [-0.39, 0.29) is 11.8 Å². The number of methoxy groups -OCH3 is 1. The summed E-state index contributed by atoms with van der Waals surface area (Å²) in [7, 11) is 1.70. The molecule has 3 heterocycles. The molecule has 3 aliphatic heterocycles. The lowest BCUT2D eigenvalue weighted by Crippen LogP contribution is -3.12. The van der Waals surface area contributed by atoms with Crippen LogP contribution in [0.25, 0.3) is 5.70 Å². The van der Waals surface area contributed by atoms with Crippen LogP contribution in [-0.2, 0) is 6.54 Å². The van der Waals surface area contributed by atoms with Crippen LogP contribution in [-0.4, -0.2) is 30.9 Å². The number of ether oxygens (including phenoxy) is 2. The van der Waals surface area contributed by atoms with Gasteiger partial charge in [-0.1, -0.05) is 48.5 Å². The van der Waals surface area contributed by atoms with Gasteiger partial charge in [0.1, 0.15) is 18.0 Å². The van der Waals surface area contributed by atoms with Crippen LogP contribution in [0.3, 0.4) is 0 Å². The monoisotopic (exact) mass is 440 g/mol. The second-order valence-corrected chi connectivity index (χ2v) is 9.23. The van der Waals surface area contributed by atoms with E-state index in [1.54, 1.807) is 12.0 Å². The van der Waals surface area contributed by atoms with Crippen LogP contribution in [0.4, 0.5) is 0 Å². The normalized spacial score (nSPS) is 26.0. The molecule has 5 nitrogen and oxygen atoms in total. The van der Waals surface area contributed by atoms with Gasteiger partial charge in [0.25, 0.3) is 0 Å². The molecule has 0 bridgehead atoms. The van der Waals surface area contributed by atoms with E-state index in [1.165, 1.54) is 11.1 Å². The molecule has 3 aromatic rings. The zero-order valence-electron chi connectivity index (χ0n) is 19.0. The van der Waals surface area contributed by atoms with Crippen molar-refractivity contribution in [2.75, 3.05) is 20.2 Å².